The Morgan fingerprint density at radius 3 is 2.65 bits per heavy atom. The number of aliphatic hydroxyl groups is 1. The number of hydrogen-bond acceptors (Lipinski definition) is 3. The van der Waals surface area contributed by atoms with Crippen LogP contribution in [0.2, 0.25) is 0 Å². The van der Waals surface area contributed by atoms with Crippen LogP contribution < -0.4 is 0 Å². The van der Waals surface area contributed by atoms with Crippen molar-refractivity contribution in [2.24, 2.45) is 29.1 Å². The van der Waals surface area contributed by atoms with Crippen LogP contribution >= 0.6 is 0 Å². The average molecular weight is 314 g/mol. The monoisotopic (exact) mass is 314 g/mol. The topological polar surface area (TPSA) is 49.8 Å². The lowest BCUT2D eigenvalue weighted by molar-refractivity contribution is -0.124. The van der Waals surface area contributed by atoms with Crippen molar-refractivity contribution in [1.82, 2.24) is 0 Å². The molecule has 4 aliphatic carbocycles. The first-order valence-corrected chi connectivity index (χ1v) is 9.36. The van der Waals surface area contributed by atoms with E-state index in [-0.39, 0.29) is 17.1 Å². The summed E-state index contributed by atoms with van der Waals surface area (Å²) in [6.45, 7) is 2.23. The highest BCUT2D eigenvalue weighted by Crippen LogP contribution is 2.68. The normalized spacial score (nSPS) is 60.0. The van der Waals surface area contributed by atoms with Gasteiger partial charge in [-0.1, -0.05) is 12.8 Å². The third-order valence-corrected chi connectivity index (χ3v) is 8.61. The van der Waals surface area contributed by atoms with Crippen molar-refractivity contribution >= 4 is 5.78 Å². The summed E-state index contributed by atoms with van der Waals surface area (Å²) in [7, 11) is 0. The Hall–Kier alpha value is -0.850. The maximum Gasteiger partial charge on any atom is 0.164 e. The molecule has 23 heavy (non-hydrogen) atoms. The van der Waals surface area contributed by atoms with Gasteiger partial charge in [-0.25, -0.2) is 0 Å². The zero-order chi connectivity index (χ0) is 16.0. The molecule has 1 N–H and O–H groups in total. The lowest BCUT2D eigenvalue weighted by Gasteiger charge is -2.55. The van der Waals surface area contributed by atoms with E-state index in [2.05, 4.69) is 12.8 Å². The van der Waals surface area contributed by atoms with E-state index in [9.17, 15) is 9.90 Å². The van der Waals surface area contributed by atoms with E-state index in [0.29, 0.717) is 35.9 Å². The lowest BCUT2D eigenvalue weighted by Crippen LogP contribution is -2.55. The van der Waals surface area contributed by atoms with Crippen LogP contribution in [0.5, 0.6) is 0 Å². The minimum Gasteiger partial charge on any atom is -0.377 e. The third-order valence-electron chi connectivity index (χ3n) is 8.61. The van der Waals surface area contributed by atoms with Crippen LogP contribution in [-0.2, 0) is 9.53 Å². The summed E-state index contributed by atoms with van der Waals surface area (Å²) in [5.41, 5.74) is -1.13. The maximum absolute atomic E-state index is 12.0. The summed E-state index contributed by atoms with van der Waals surface area (Å²) in [6, 6.07) is 0. The van der Waals surface area contributed by atoms with Gasteiger partial charge >= 0.3 is 0 Å². The number of hydrogen-bond donors (Lipinski definition) is 1. The van der Waals surface area contributed by atoms with E-state index < -0.39 is 5.60 Å². The number of fused-ring (bicyclic) bond motifs is 4. The van der Waals surface area contributed by atoms with Crippen molar-refractivity contribution in [3.63, 3.8) is 0 Å². The number of Topliss-reactive ketones (excluding diaryl/α,β-unsaturated/α-hetero) is 1. The molecule has 3 nitrogen and oxygen atoms in total. The molecule has 0 bridgehead atoms. The molecule has 1 aliphatic heterocycles. The van der Waals surface area contributed by atoms with Gasteiger partial charge in [0.15, 0.2) is 5.78 Å². The molecule has 1 spiro atoms. The van der Waals surface area contributed by atoms with Crippen molar-refractivity contribution in [2.75, 3.05) is 0 Å². The molecule has 1 heterocycles. The van der Waals surface area contributed by atoms with Crippen molar-refractivity contribution < 1.29 is 14.6 Å². The van der Waals surface area contributed by atoms with Gasteiger partial charge in [-0.2, -0.15) is 0 Å². The van der Waals surface area contributed by atoms with Crippen LogP contribution in [0.4, 0.5) is 0 Å². The van der Waals surface area contributed by atoms with Crippen molar-refractivity contribution in [3.8, 4) is 12.3 Å². The van der Waals surface area contributed by atoms with E-state index in [0.717, 1.165) is 44.9 Å². The Morgan fingerprint density at radius 2 is 1.87 bits per heavy atom. The minimum absolute atomic E-state index is 0.0817. The minimum atomic E-state index is -0.918. The first kappa shape index (κ1) is 14.5. The van der Waals surface area contributed by atoms with Crippen molar-refractivity contribution in [1.29, 1.82) is 0 Å². The number of ether oxygens (including phenoxy) is 1. The number of epoxide rings is 1. The second-order valence-corrected chi connectivity index (χ2v) is 9.04. The molecule has 1 saturated heterocycles. The van der Waals surface area contributed by atoms with Crippen LogP contribution in [0.3, 0.4) is 0 Å². The van der Waals surface area contributed by atoms with Gasteiger partial charge in [0.05, 0.1) is 0 Å². The van der Waals surface area contributed by atoms with Gasteiger partial charge in [0.25, 0.3) is 0 Å². The molecule has 0 aromatic rings. The van der Waals surface area contributed by atoms with Crippen LogP contribution in [0.1, 0.15) is 58.3 Å². The Morgan fingerprint density at radius 1 is 1.13 bits per heavy atom. The molecule has 5 aliphatic rings. The molecule has 4 saturated carbocycles. The zero-order valence-corrected chi connectivity index (χ0v) is 13.9. The van der Waals surface area contributed by atoms with Gasteiger partial charge in [0.1, 0.15) is 17.3 Å². The number of carbonyl (C=O) groups excluding carboxylic acids is 1. The Labute approximate surface area is 138 Å². The highest BCUT2D eigenvalue weighted by atomic mass is 16.6. The fraction of sp³-hybridized carbons (Fsp3) is 0.850. The Balaban J connectivity index is 1.47. The first-order valence-electron chi connectivity index (χ1n) is 9.36. The number of terminal acetylenes is 1. The number of carbonyl (C=O) groups is 1. The molecule has 0 aromatic heterocycles. The van der Waals surface area contributed by atoms with Crippen molar-refractivity contribution in [2.45, 2.75) is 75.6 Å². The molecule has 0 aromatic carbocycles. The van der Waals surface area contributed by atoms with Crippen LogP contribution in [0.25, 0.3) is 0 Å². The summed E-state index contributed by atoms with van der Waals surface area (Å²) in [6.07, 6.45) is 13.5. The highest BCUT2D eigenvalue weighted by molar-refractivity contribution is 5.88. The predicted octanol–water partition coefficient (Wildman–Crippen LogP) is 2.70. The summed E-state index contributed by atoms with van der Waals surface area (Å²) in [5, 5.41) is 11.0. The molecule has 5 rings (SSSR count). The van der Waals surface area contributed by atoms with Crippen molar-refractivity contribution in [3.05, 3.63) is 0 Å². The van der Waals surface area contributed by atoms with Gasteiger partial charge < -0.3 is 9.84 Å². The molecular formula is C20H26O3. The largest absolute Gasteiger partial charge is 0.377 e. The molecular weight excluding hydrogens is 288 g/mol. The molecule has 0 radical (unpaired) electrons. The number of rotatable bonds is 0. The second kappa shape index (κ2) is 4.21. The molecule has 0 unspecified atom stereocenters. The first-order chi connectivity index (χ1) is 11.0. The third kappa shape index (κ3) is 1.53. The van der Waals surface area contributed by atoms with Crippen LogP contribution in [-0.4, -0.2) is 28.2 Å². The SMILES string of the molecule is C#C[C@]1(O)CC[C@H]2[C@@H]3CC[C@]45O[C@H]4C(=O)CC[C@@H]5[C@H]3CC[C@@]21C. The molecule has 8 atom stereocenters. The smallest absolute Gasteiger partial charge is 0.164 e. The molecule has 124 valence electrons. The molecule has 0 amide bonds. The highest BCUT2D eigenvalue weighted by Gasteiger charge is 2.72. The van der Waals surface area contributed by atoms with Crippen LogP contribution in [0.15, 0.2) is 0 Å². The summed E-state index contributed by atoms with van der Waals surface area (Å²) >= 11 is 0. The fourth-order valence-corrected chi connectivity index (χ4v) is 7.31. The maximum atomic E-state index is 12.0. The van der Waals surface area contributed by atoms with E-state index in [1.807, 2.05) is 0 Å². The summed E-state index contributed by atoms with van der Waals surface area (Å²) in [4.78, 5) is 12.0. The average Bonchev–Trinajstić information content (AvgIpc) is 3.22. The van der Waals surface area contributed by atoms with Gasteiger partial charge in [0, 0.05) is 11.8 Å². The predicted molar refractivity (Wildman–Crippen MR) is 85.4 cm³/mol. The number of ketones is 1. The van der Waals surface area contributed by atoms with Crippen LogP contribution in [0, 0.1) is 41.4 Å². The second-order valence-electron chi connectivity index (χ2n) is 9.04. The quantitative estimate of drug-likeness (QED) is 0.552. The Bertz CT molecular complexity index is 621. The van der Waals surface area contributed by atoms with Gasteiger partial charge in [-0.3, -0.25) is 4.79 Å². The fourth-order valence-electron chi connectivity index (χ4n) is 7.31. The van der Waals surface area contributed by atoms with Gasteiger partial charge in [0.2, 0.25) is 0 Å². The van der Waals surface area contributed by atoms with E-state index in [1.165, 1.54) is 0 Å². The van der Waals surface area contributed by atoms with Gasteiger partial charge in [-0.05, 0) is 68.6 Å². The zero-order valence-electron chi connectivity index (χ0n) is 13.9. The van der Waals surface area contributed by atoms with Gasteiger partial charge in [-0.15, -0.1) is 6.42 Å². The summed E-state index contributed by atoms with van der Waals surface area (Å²) in [5.74, 6) is 5.50. The summed E-state index contributed by atoms with van der Waals surface area (Å²) < 4.78 is 6.00. The standard InChI is InChI=1S/C20H26O3/c1-3-19(22)10-8-14-12-7-11-20-15(4-5-16(21)17(20)23-20)13(12)6-9-18(14,19)2/h1,12-15,17,22H,4-11H2,2H3/t12-,13+,14+,15-,17+,18+,19+,20-/m1/s1. The van der Waals surface area contributed by atoms with E-state index in [1.54, 1.807) is 0 Å². The molecule has 5 fully saturated rings. The molecule has 3 heteroatoms. The lowest BCUT2D eigenvalue weighted by atomic mass is 9.49. The van der Waals surface area contributed by atoms with E-state index in [4.69, 9.17) is 11.2 Å². The van der Waals surface area contributed by atoms with E-state index >= 15 is 0 Å². The Kier molecular flexibility index (Phi) is 2.65.